The lowest BCUT2D eigenvalue weighted by Crippen LogP contribution is -1.92. The van der Waals surface area contributed by atoms with Crippen LogP contribution >= 0.6 is 0 Å². The maximum absolute atomic E-state index is 5.44. The van der Waals surface area contributed by atoms with Gasteiger partial charge in [0.25, 0.3) is 0 Å². The molecule has 2 heterocycles. The third-order valence-corrected chi connectivity index (χ3v) is 2.78. The number of anilines is 1. The number of nitrogens with zero attached hydrogens (tertiary/aromatic N) is 2. The van der Waals surface area contributed by atoms with Crippen molar-refractivity contribution in [2.45, 2.75) is 0 Å². The van der Waals surface area contributed by atoms with E-state index in [1.807, 2.05) is 24.4 Å². The molecule has 0 amide bonds. The molecule has 0 aliphatic heterocycles. The second-order valence-electron chi connectivity index (χ2n) is 3.99. The van der Waals surface area contributed by atoms with Gasteiger partial charge in [0, 0.05) is 35.1 Å². The van der Waals surface area contributed by atoms with E-state index in [1.54, 1.807) is 12.4 Å². The van der Waals surface area contributed by atoms with E-state index in [0.717, 1.165) is 16.6 Å². The molecule has 4 nitrogen and oxygen atoms in total. The fourth-order valence-corrected chi connectivity index (χ4v) is 1.88. The minimum atomic E-state index is 0.292. The highest BCUT2D eigenvalue weighted by Gasteiger charge is 1.97. The number of rotatable bonds is 2. The average Bonchev–Trinajstić information content (AvgIpc) is 2.87. The maximum atomic E-state index is 5.44. The van der Waals surface area contributed by atoms with Crippen LogP contribution in [0.1, 0.15) is 11.1 Å². The SMILES string of the molecule is Nc1ncc(/C=C/c2cccc3[nH]ccc23)cn1. The predicted octanol–water partition coefficient (Wildman–Crippen LogP) is 2.71. The highest BCUT2D eigenvalue weighted by molar-refractivity contribution is 5.91. The standard InChI is InChI=1S/C14H12N4/c15-14-17-8-10(9-18-14)4-5-11-2-1-3-13-12(11)6-7-16-13/h1-9,16H,(H2,15,17,18)/b5-4+. The Kier molecular flexibility index (Phi) is 2.53. The molecule has 0 atom stereocenters. The first-order chi connectivity index (χ1) is 8.83. The van der Waals surface area contributed by atoms with Gasteiger partial charge in [-0.1, -0.05) is 24.3 Å². The molecule has 0 saturated heterocycles. The molecule has 0 bridgehead atoms. The Morgan fingerprint density at radius 1 is 1.06 bits per heavy atom. The topological polar surface area (TPSA) is 67.6 Å². The van der Waals surface area contributed by atoms with Gasteiger partial charge in [-0.3, -0.25) is 0 Å². The number of hydrogen-bond acceptors (Lipinski definition) is 3. The van der Waals surface area contributed by atoms with Crippen LogP contribution in [0.25, 0.3) is 23.1 Å². The van der Waals surface area contributed by atoms with Gasteiger partial charge in [-0.2, -0.15) is 0 Å². The molecule has 0 spiro atoms. The van der Waals surface area contributed by atoms with E-state index < -0.39 is 0 Å². The Balaban J connectivity index is 1.96. The van der Waals surface area contributed by atoms with Crippen molar-refractivity contribution in [3.05, 3.63) is 54.0 Å². The number of benzene rings is 1. The molecule has 1 aromatic carbocycles. The predicted molar refractivity (Wildman–Crippen MR) is 73.7 cm³/mol. The summed E-state index contributed by atoms with van der Waals surface area (Å²) in [5.74, 6) is 0.292. The molecule has 0 radical (unpaired) electrons. The van der Waals surface area contributed by atoms with Crippen LogP contribution in [0.4, 0.5) is 5.95 Å². The summed E-state index contributed by atoms with van der Waals surface area (Å²) in [5.41, 5.74) is 8.66. The molecule has 0 saturated carbocycles. The summed E-state index contributed by atoms with van der Waals surface area (Å²) in [4.78, 5) is 11.1. The van der Waals surface area contributed by atoms with Crippen LogP contribution in [0, 0.1) is 0 Å². The molecule has 18 heavy (non-hydrogen) atoms. The summed E-state index contributed by atoms with van der Waals surface area (Å²) in [6, 6.07) is 8.22. The van der Waals surface area contributed by atoms with Gasteiger partial charge >= 0.3 is 0 Å². The van der Waals surface area contributed by atoms with Crippen LogP contribution in [-0.2, 0) is 0 Å². The van der Waals surface area contributed by atoms with Crippen molar-refractivity contribution in [3.63, 3.8) is 0 Å². The summed E-state index contributed by atoms with van der Waals surface area (Å²) in [6.45, 7) is 0. The number of aromatic nitrogens is 3. The highest BCUT2D eigenvalue weighted by atomic mass is 15.0. The van der Waals surface area contributed by atoms with Crippen LogP contribution in [0.15, 0.2) is 42.9 Å². The fourth-order valence-electron chi connectivity index (χ4n) is 1.88. The lowest BCUT2D eigenvalue weighted by atomic mass is 10.1. The Labute approximate surface area is 104 Å². The third kappa shape index (κ3) is 1.96. The summed E-state index contributed by atoms with van der Waals surface area (Å²) in [7, 11) is 0. The van der Waals surface area contributed by atoms with Gasteiger partial charge in [-0.25, -0.2) is 9.97 Å². The Bertz CT molecular complexity index is 695. The van der Waals surface area contributed by atoms with E-state index in [4.69, 9.17) is 5.73 Å². The zero-order chi connectivity index (χ0) is 12.4. The molecule has 0 unspecified atom stereocenters. The number of nitrogen functional groups attached to an aromatic ring is 1. The number of hydrogen-bond donors (Lipinski definition) is 2. The summed E-state index contributed by atoms with van der Waals surface area (Å²) < 4.78 is 0. The van der Waals surface area contributed by atoms with Gasteiger partial charge < -0.3 is 10.7 Å². The molecule has 0 aliphatic carbocycles. The van der Waals surface area contributed by atoms with Crippen LogP contribution < -0.4 is 5.73 Å². The van der Waals surface area contributed by atoms with Gasteiger partial charge in [0.1, 0.15) is 0 Å². The van der Waals surface area contributed by atoms with E-state index in [2.05, 4.69) is 33.2 Å². The molecular formula is C14H12N4. The number of fused-ring (bicyclic) bond motifs is 1. The van der Waals surface area contributed by atoms with E-state index in [1.165, 1.54) is 5.39 Å². The molecule has 3 aromatic rings. The van der Waals surface area contributed by atoms with Crippen molar-refractivity contribution in [1.29, 1.82) is 0 Å². The van der Waals surface area contributed by atoms with E-state index >= 15 is 0 Å². The van der Waals surface area contributed by atoms with Crippen LogP contribution in [-0.4, -0.2) is 15.0 Å². The van der Waals surface area contributed by atoms with E-state index in [-0.39, 0.29) is 0 Å². The lowest BCUT2D eigenvalue weighted by molar-refractivity contribution is 1.18. The Morgan fingerprint density at radius 2 is 1.89 bits per heavy atom. The van der Waals surface area contributed by atoms with Gasteiger partial charge in [-0.15, -0.1) is 0 Å². The second kappa shape index (κ2) is 4.33. The quantitative estimate of drug-likeness (QED) is 0.718. The largest absolute Gasteiger partial charge is 0.368 e. The highest BCUT2D eigenvalue weighted by Crippen LogP contribution is 2.19. The van der Waals surface area contributed by atoms with Crippen molar-refractivity contribution in [3.8, 4) is 0 Å². The van der Waals surface area contributed by atoms with Crippen molar-refractivity contribution in [1.82, 2.24) is 15.0 Å². The van der Waals surface area contributed by atoms with Gasteiger partial charge in [0.2, 0.25) is 5.95 Å². The number of nitrogens with two attached hydrogens (primary N) is 1. The number of nitrogens with one attached hydrogen (secondary N) is 1. The van der Waals surface area contributed by atoms with Gasteiger partial charge in [0.05, 0.1) is 0 Å². The second-order valence-corrected chi connectivity index (χ2v) is 3.99. The molecule has 88 valence electrons. The van der Waals surface area contributed by atoms with Crippen LogP contribution in [0.5, 0.6) is 0 Å². The normalized spacial score (nSPS) is 11.3. The monoisotopic (exact) mass is 236 g/mol. The zero-order valence-corrected chi connectivity index (χ0v) is 9.67. The lowest BCUT2D eigenvalue weighted by Gasteiger charge is -1.97. The molecule has 3 N–H and O–H groups in total. The third-order valence-electron chi connectivity index (χ3n) is 2.78. The molecular weight excluding hydrogens is 224 g/mol. The smallest absolute Gasteiger partial charge is 0.219 e. The number of H-pyrrole nitrogens is 1. The first-order valence-corrected chi connectivity index (χ1v) is 5.65. The number of aromatic amines is 1. The Hall–Kier alpha value is -2.62. The molecule has 3 rings (SSSR count). The van der Waals surface area contributed by atoms with Gasteiger partial charge in [0.15, 0.2) is 0 Å². The zero-order valence-electron chi connectivity index (χ0n) is 9.67. The fraction of sp³-hybridized carbons (Fsp3) is 0. The summed E-state index contributed by atoms with van der Waals surface area (Å²) in [5, 5.41) is 1.20. The van der Waals surface area contributed by atoms with Crippen molar-refractivity contribution < 1.29 is 0 Å². The molecule has 0 aliphatic rings. The minimum Gasteiger partial charge on any atom is -0.368 e. The van der Waals surface area contributed by atoms with E-state index in [9.17, 15) is 0 Å². The van der Waals surface area contributed by atoms with Crippen LogP contribution in [0.2, 0.25) is 0 Å². The first kappa shape index (κ1) is 10.5. The average molecular weight is 236 g/mol. The van der Waals surface area contributed by atoms with E-state index in [0.29, 0.717) is 5.95 Å². The maximum Gasteiger partial charge on any atom is 0.219 e. The van der Waals surface area contributed by atoms with Crippen molar-refractivity contribution in [2.75, 3.05) is 5.73 Å². The Morgan fingerprint density at radius 3 is 2.72 bits per heavy atom. The molecule has 2 aromatic heterocycles. The van der Waals surface area contributed by atoms with Crippen molar-refractivity contribution >= 4 is 29.0 Å². The van der Waals surface area contributed by atoms with Crippen molar-refractivity contribution in [2.24, 2.45) is 0 Å². The first-order valence-electron chi connectivity index (χ1n) is 5.65. The molecule has 4 heteroatoms. The molecule has 0 fully saturated rings. The van der Waals surface area contributed by atoms with Crippen LogP contribution in [0.3, 0.4) is 0 Å². The summed E-state index contributed by atoms with van der Waals surface area (Å²) in [6.07, 6.45) is 9.37. The minimum absolute atomic E-state index is 0.292. The summed E-state index contributed by atoms with van der Waals surface area (Å²) >= 11 is 0. The van der Waals surface area contributed by atoms with Gasteiger partial charge in [-0.05, 0) is 17.7 Å².